The van der Waals surface area contributed by atoms with Crippen molar-refractivity contribution in [3.63, 3.8) is 0 Å². The molecule has 1 aromatic carbocycles. The second kappa shape index (κ2) is 11.0. The first kappa shape index (κ1) is 22.2. The SMILES string of the molecule is O=C(O)COCc1ccc(-c2cc(NCCCN3CCCCC3)c3cnccc3n2)cc1. The molecule has 0 amide bonds. The molecule has 1 aliphatic rings. The highest BCUT2D eigenvalue weighted by molar-refractivity contribution is 5.93. The Labute approximate surface area is 188 Å². The zero-order valence-corrected chi connectivity index (χ0v) is 18.3. The predicted octanol–water partition coefficient (Wildman–Crippen LogP) is 4.19. The van der Waals surface area contributed by atoms with Gasteiger partial charge in [-0.2, -0.15) is 0 Å². The van der Waals surface area contributed by atoms with Gasteiger partial charge in [-0.15, -0.1) is 0 Å². The Bertz CT molecular complexity index is 1030. The fourth-order valence-electron chi connectivity index (χ4n) is 4.10. The van der Waals surface area contributed by atoms with Gasteiger partial charge in [0.2, 0.25) is 0 Å². The lowest BCUT2D eigenvalue weighted by Gasteiger charge is -2.26. The van der Waals surface area contributed by atoms with Gasteiger partial charge in [0.1, 0.15) is 6.61 Å². The Morgan fingerprint density at radius 2 is 1.94 bits per heavy atom. The predicted molar refractivity (Wildman–Crippen MR) is 126 cm³/mol. The number of anilines is 1. The standard InChI is InChI=1S/C25H30N4O3/c30-25(31)18-32-17-19-5-7-20(8-6-19)23-15-24(21-16-26-11-9-22(21)28-23)27-10-4-14-29-12-2-1-3-13-29/h5-9,11,15-16H,1-4,10,12-14,17-18H2,(H,27,28)(H,30,31). The van der Waals surface area contributed by atoms with Crippen LogP contribution in [0.2, 0.25) is 0 Å². The topological polar surface area (TPSA) is 87.6 Å². The number of nitrogens with zero attached hydrogens (tertiary/aromatic N) is 3. The molecule has 1 saturated heterocycles. The van der Waals surface area contributed by atoms with E-state index >= 15 is 0 Å². The first-order chi connectivity index (χ1) is 15.7. The highest BCUT2D eigenvalue weighted by Crippen LogP contribution is 2.28. The maximum Gasteiger partial charge on any atom is 0.329 e. The van der Waals surface area contributed by atoms with E-state index in [-0.39, 0.29) is 13.2 Å². The number of ether oxygens (including phenoxy) is 1. The molecule has 0 radical (unpaired) electrons. The summed E-state index contributed by atoms with van der Waals surface area (Å²) in [5.74, 6) is -0.965. The third-order valence-electron chi connectivity index (χ3n) is 5.77. The van der Waals surface area contributed by atoms with Crippen LogP contribution in [0.15, 0.2) is 48.8 Å². The van der Waals surface area contributed by atoms with Crippen molar-refractivity contribution in [1.29, 1.82) is 0 Å². The molecule has 0 bridgehead atoms. The van der Waals surface area contributed by atoms with E-state index in [4.69, 9.17) is 14.8 Å². The molecule has 0 saturated carbocycles. The normalized spacial score (nSPS) is 14.5. The van der Waals surface area contributed by atoms with Gasteiger partial charge < -0.3 is 20.1 Å². The van der Waals surface area contributed by atoms with Gasteiger partial charge in [0.15, 0.2) is 0 Å². The van der Waals surface area contributed by atoms with Crippen molar-refractivity contribution >= 4 is 22.6 Å². The number of pyridine rings is 2. The van der Waals surface area contributed by atoms with E-state index in [1.165, 1.54) is 32.4 Å². The van der Waals surface area contributed by atoms with Gasteiger partial charge in [0.25, 0.3) is 0 Å². The number of aromatic nitrogens is 2. The van der Waals surface area contributed by atoms with Crippen molar-refractivity contribution < 1.29 is 14.6 Å². The summed E-state index contributed by atoms with van der Waals surface area (Å²) < 4.78 is 5.17. The third-order valence-corrected chi connectivity index (χ3v) is 5.77. The number of carboxylic acid groups (broad SMARTS) is 1. The largest absolute Gasteiger partial charge is 0.480 e. The molecule has 168 valence electrons. The number of benzene rings is 1. The zero-order valence-electron chi connectivity index (χ0n) is 18.3. The second-order valence-corrected chi connectivity index (χ2v) is 8.21. The van der Waals surface area contributed by atoms with Gasteiger partial charge in [-0.3, -0.25) is 4.98 Å². The molecule has 1 aliphatic heterocycles. The number of carbonyl (C=O) groups is 1. The van der Waals surface area contributed by atoms with Crippen molar-refractivity contribution in [3.8, 4) is 11.3 Å². The van der Waals surface area contributed by atoms with Crippen LogP contribution in [-0.2, 0) is 16.1 Å². The smallest absolute Gasteiger partial charge is 0.329 e. The highest BCUT2D eigenvalue weighted by Gasteiger charge is 2.11. The Morgan fingerprint density at radius 3 is 2.72 bits per heavy atom. The molecule has 0 spiro atoms. The molecule has 32 heavy (non-hydrogen) atoms. The van der Waals surface area contributed by atoms with Crippen LogP contribution in [-0.4, -0.2) is 58.7 Å². The Hall–Kier alpha value is -3.03. The van der Waals surface area contributed by atoms with Crippen molar-refractivity contribution in [2.45, 2.75) is 32.3 Å². The average Bonchev–Trinajstić information content (AvgIpc) is 2.82. The summed E-state index contributed by atoms with van der Waals surface area (Å²) >= 11 is 0. The second-order valence-electron chi connectivity index (χ2n) is 8.21. The highest BCUT2D eigenvalue weighted by atomic mass is 16.5. The summed E-state index contributed by atoms with van der Waals surface area (Å²) in [6.07, 6.45) is 8.74. The van der Waals surface area contributed by atoms with E-state index in [1.807, 2.05) is 36.5 Å². The third kappa shape index (κ3) is 6.02. The summed E-state index contributed by atoms with van der Waals surface area (Å²) in [6.45, 7) is 4.46. The number of hydrogen-bond donors (Lipinski definition) is 2. The summed E-state index contributed by atoms with van der Waals surface area (Å²) in [4.78, 5) is 22.3. The minimum Gasteiger partial charge on any atom is -0.480 e. The molecule has 2 aromatic heterocycles. The summed E-state index contributed by atoms with van der Waals surface area (Å²) in [6, 6.07) is 11.9. The monoisotopic (exact) mass is 434 g/mol. The fraction of sp³-hybridized carbons (Fsp3) is 0.400. The van der Waals surface area contributed by atoms with Gasteiger partial charge in [-0.05, 0) is 56.6 Å². The molecule has 7 heteroatoms. The molecule has 4 rings (SSSR count). The lowest BCUT2D eigenvalue weighted by molar-refractivity contribution is -0.142. The quantitative estimate of drug-likeness (QED) is 0.463. The van der Waals surface area contributed by atoms with Crippen LogP contribution in [0.3, 0.4) is 0 Å². The van der Waals surface area contributed by atoms with Crippen molar-refractivity contribution in [1.82, 2.24) is 14.9 Å². The van der Waals surface area contributed by atoms with Gasteiger partial charge in [-0.25, -0.2) is 9.78 Å². The van der Waals surface area contributed by atoms with Gasteiger partial charge in [-0.1, -0.05) is 30.7 Å². The van der Waals surface area contributed by atoms with E-state index in [0.29, 0.717) is 0 Å². The Morgan fingerprint density at radius 1 is 1.12 bits per heavy atom. The van der Waals surface area contributed by atoms with Gasteiger partial charge in [0.05, 0.1) is 17.8 Å². The summed E-state index contributed by atoms with van der Waals surface area (Å²) in [7, 11) is 0. The number of aliphatic carboxylic acids is 1. The maximum absolute atomic E-state index is 10.6. The number of likely N-dealkylation sites (tertiary alicyclic amines) is 1. The van der Waals surface area contributed by atoms with E-state index in [9.17, 15) is 4.79 Å². The fourth-order valence-corrected chi connectivity index (χ4v) is 4.10. The molecular weight excluding hydrogens is 404 g/mol. The minimum absolute atomic E-state index is 0.271. The Balaban J connectivity index is 1.44. The van der Waals surface area contributed by atoms with Crippen LogP contribution < -0.4 is 5.32 Å². The number of carboxylic acids is 1. The molecule has 2 N–H and O–H groups in total. The van der Waals surface area contributed by atoms with Crippen molar-refractivity contribution in [2.75, 3.05) is 38.1 Å². The first-order valence-electron chi connectivity index (χ1n) is 11.3. The van der Waals surface area contributed by atoms with Crippen LogP contribution >= 0.6 is 0 Å². The molecule has 0 unspecified atom stereocenters. The molecule has 1 fully saturated rings. The van der Waals surface area contributed by atoms with E-state index in [1.54, 1.807) is 6.20 Å². The van der Waals surface area contributed by atoms with Crippen molar-refractivity contribution in [3.05, 3.63) is 54.4 Å². The Kier molecular flexibility index (Phi) is 7.64. The number of fused-ring (bicyclic) bond motifs is 1. The van der Waals surface area contributed by atoms with Crippen LogP contribution in [0.5, 0.6) is 0 Å². The maximum atomic E-state index is 10.6. The number of hydrogen-bond acceptors (Lipinski definition) is 6. The number of piperidine rings is 1. The summed E-state index contributed by atoms with van der Waals surface area (Å²) in [5.41, 5.74) is 4.77. The van der Waals surface area contributed by atoms with E-state index in [2.05, 4.69) is 21.3 Å². The molecule has 0 aliphatic carbocycles. The summed E-state index contributed by atoms with van der Waals surface area (Å²) in [5, 5.41) is 13.3. The van der Waals surface area contributed by atoms with Crippen LogP contribution in [0.25, 0.3) is 22.2 Å². The van der Waals surface area contributed by atoms with Crippen molar-refractivity contribution in [2.24, 2.45) is 0 Å². The average molecular weight is 435 g/mol. The number of rotatable bonds is 10. The minimum atomic E-state index is -0.965. The van der Waals surface area contributed by atoms with E-state index < -0.39 is 5.97 Å². The lowest BCUT2D eigenvalue weighted by Crippen LogP contribution is -2.31. The van der Waals surface area contributed by atoms with Crippen LogP contribution in [0.4, 0.5) is 5.69 Å². The molecule has 7 nitrogen and oxygen atoms in total. The first-order valence-corrected chi connectivity index (χ1v) is 11.3. The van der Waals surface area contributed by atoms with Crippen LogP contribution in [0.1, 0.15) is 31.2 Å². The van der Waals surface area contributed by atoms with Gasteiger partial charge in [0, 0.05) is 35.6 Å². The number of nitrogens with one attached hydrogen (secondary N) is 1. The van der Waals surface area contributed by atoms with E-state index in [0.717, 1.165) is 52.9 Å². The zero-order chi connectivity index (χ0) is 22.2. The van der Waals surface area contributed by atoms with Crippen LogP contribution in [0, 0.1) is 0 Å². The molecular formula is C25H30N4O3. The molecule has 0 atom stereocenters. The lowest BCUT2D eigenvalue weighted by atomic mass is 10.1. The van der Waals surface area contributed by atoms with Gasteiger partial charge >= 0.3 is 5.97 Å². The molecule has 3 heterocycles. The molecule has 3 aromatic rings.